The summed E-state index contributed by atoms with van der Waals surface area (Å²) in [6.07, 6.45) is 7.67. The lowest BCUT2D eigenvalue weighted by Crippen LogP contribution is -2.29. The van der Waals surface area contributed by atoms with Gasteiger partial charge in [-0.3, -0.25) is 4.68 Å². The number of benzene rings is 1. The minimum atomic E-state index is -2.65. The number of nitrogens with one attached hydrogen (secondary N) is 2. The summed E-state index contributed by atoms with van der Waals surface area (Å²) in [5.41, 5.74) is 4.37. The van der Waals surface area contributed by atoms with E-state index in [0.717, 1.165) is 54.0 Å². The van der Waals surface area contributed by atoms with Crippen LogP contribution in [0.2, 0.25) is 0 Å². The normalized spacial score (nSPS) is 15.0. The van der Waals surface area contributed by atoms with E-state index in [0.29, 0.717) is 12.0 Å². The maximum atomic E-state index is 11.4. The lowest BCUT2D eigenvalue weighted by atomic mass is 10.0. The Kier molecular flexibility index (Phi) is 6.07. The summed E-state index contributed by atoms with van der Waals surface area (Å²) in [5.74, 6) is 0.460. The Morgan fingerprint density at radius 1 is 1.15 bits per heavy atom. The fourth-order valence-electron chi connectivity index (χ4n) is 4.18. The van der Waals surface area contributed by atoms with Gasteiger partial charge in [-0.1, -0.05) is 24.3 Å². The first-order valence-corrected chi connectivity index (χ1v) is 12.0. The standard InChI is InChI=1S/C22H26N8O2S/c1-28(33(31)32)14-16-4-2-3-5-20(16)21-7-6-19-13-24-22(27-30(19)21)26-17-12-25-29(15-17)18-8-10-23-11-9-18/h2-7,12-13,15,18,23,33H,8-11,14H2,1H3,(H,26,27). The van der Waals surface area contributed by atoms with Crippen LogP contribution in [0.4, 0.5) is 11.6 Å². The molecule has 3 aromatic heterocycles. The Balaban J connectivity index is 1.43. The van der Waals surface area contributed by atoms with E-state index < -0.39 is 10.9 Å². The minimum absolute atomic E-state index is 0.286. The van der Waals surface area contributed by atoms with Gasteiger partial charge < -0.3 is 10.6 Å². The Morgan fingerprint density at radius 2 is 1.97 bits per heavy atom. The van der Waals surface area contributed by atoms with E-state index in [4.69, 9.17) is 5.10 Å². The number of anilines is 2. The molecule has 33 heavy (non-hydrogen) atoms. The zero-order chi connectivity index (χ0) is 22.8. The predicted molar refractivity (Wildman–Crippen MR) is 127 cm³/mol. The van der Waals surface area contributed by atoms with Crippen LogP contribution >= 0.6 is 0 Å². The molecule has 1 aliphatic rings. The van der Waals surface area contributed by atoms with Gasteiger partial charge in [0.25, 0.3) is 0 Å². The second-order valence-electron chi connectivity index (χ2n) is 8.16. The summed E-state index contributed by atoms with van der Waals surface area (Å²) < 4.78 is 27.8. The van der Waals surface area contributed by atoms with Crippen molar-refractivity contribution in [3.8, 4) is 11.3 Å². The van der Waals surface area contributed by atoms with E-state index in [1.165, 1.54) is 4.31 Å². The minimum Gasteiger partial charge on any atom is -0.320 e. The van der Waals surface area contributed by atoms with E-state index in [9.17, 15) is 8.42 Å². The summed E-state index contributed by atoms with van der Waals surface area (Å²) in [7, 11) is -1.08. The second kappa shape index (κ2) is 9.30. The van der Waals surface area contributed by atoms with Crippen molar-refractivity contribution in [2.75, 3.05) is 25.5 Å². The molecule has 0 atom stereocenters. The molecule has 1 aromatic carbocycles. The topological polar surface area (TPSA) is 109 Å². The molecule has 172 valence electrons. The summed E-state index contributed by atoms with van der Waals surface area (Å²) in [5, 5.41) is 15.8. The van der Waals surface area contributed by atoms with Crippen molar-refractivity contribution < 1.29 is 8.42 Å². The van der Waals surface area contributed by atoms with Gasteiger partial charge in [-0.2, -0.15) is 5.10 Å². The molecule has 0 saturated carbocycles. The molecule has 0 radical (unpaired) electrons. The van der Waals surface area contributed by atoms with Gasteiger partial charge in [0, 0.05) is 25.4 Å². The molecule has 2 N–H and O–H groups in total. The smallest absolute Gasteiger partial charge is 0.245 e. The predicted octanol–water partition coefficient (Wildman–Crippen LogP) is 2.22. The summed E-state index contributed by atoms with van der Waals surface area (Å²) in [6, 6.07) is 12.1. The van der Waals surface area contributed by atoms with Crippen LogP contribution in [0.15, 0.2) is 55.0 Å². The van der Waals surface area contributed by atoms with Crippen molar-refractivity contribution in [3.05, 3.63) is 60.6 Å². The maximum Gasteiger partial charge on any atom is 0.245 e. The first kappa shape index (κ1) is 21.6. The van der Waals surface area contributed by atoms with Crippen molar-refractivity contribution in [2.45, 2.75) is 25.4 Å². The zero-order valence-corrected chi connectivity index (χ0v) is 19.2. The number of nitrogens with zero attached hydrogens (tertiary/aromatic N) is 6. The van der Waals surface area contributed by atoms with E-state index >= 15 is 0 Å². The number of rotatable bonds is 7. The maximum absolute atomic E-state index is 11.4. The number of thiol groups is 1. The highest BCUT2D eigenvalue weighted by Gasteiger charge is 2.17. The fraction of sp³-hybridized carbons (Fsp3) is 0.318. The van der Waals surface area contributed by atoms with E-state index in [1.54, 1.807) is 19.4 Å². The van der Waals surface area contributed by atoms with Gasteiger partial charge in [0.15, 0.2) is 0 Å². The van der Waals surface area contributed by atoms with Gasteiger partial charge >= 0.3 is 0 Å². The number of aromatic nitrogens is 5. The SMILES string of the molecule is CN(Cc1ccccc1-c1ccc2cnc(Nc3cnn(C4CCNCC4)c3)nn12)[SH](=O)=O. The van der Waals surface area contributed by atoms with E-state index in [-0.39, 0.29) is 6.54 Å². The highest BCUT2D eigenvalue weighted by molar-refractivity contribution is 7.69. The highest BCUT2D eigenvalue weighted by Crippen LogP contribution is 2.27. The van der Waals surface area contributed by atoms with Gasteiger partial charge in [-0.15, -0.1) is 5.10 Å². The van der Waals surface area contributed by atoms with Crippen LogP contribution in [0.5, 0.6) is 0 Å². The van der Waals surface area contributed by atoms with Crippen LogP contribution in [-0.2, 0) is 17.4 Å². The largest absolute Gasteiger partial charge is 0.320 e. The molecule has 0 bridgehead atoms. The van der Waals surface area contributed by atoms with Crippen LogP contribution in [0.3, 0.4) is 0 Å². The molecular formula is C22H26N8O2S. The van der Waals surface area contributed by atoms with Crippen molar-refractivity contribution in [1.29, 1.82) is 0 Å². The zero-order valence-electron chi connectivity index (χ0n) is 18.3. The summed E-state index contributed by atoms with van der Waals surface area (Å²) in [4.78, 5) is 4.45. The molecule has 10 nitrogen and oxygen atoms in total. The fourth-order valence-corrected chi connectivity index (χ4v) is 4.45. The molecular weight excluding hydrogens is 440 g/mol. The van der Waals surface area contributed by atoms with Gasteiger partial charge in [-0.05, 0) is 43.6 Å². The third-order valence-electron chi connectivity index (χ3n) is 5.91. The second-order valence-corrected chi connectivity index (χ2v) is 9.32. The number of piperidine rings is 1. The molecule has 0 amide bonds. The van der Waals surface area contributed by atoms with Crippen LogP contribution in [-0.4, -0.2) is 57.2 Å². The van der Waals surface area contributed by atoms with Crippen molar-refractivity contribution in [2.24, 2.45) is 0 Å². The monoisotopic (exact) mass is 466 g/mol. The highest BCUT2D eigenvalue weighted by atomic mass is 32.2. The third-order valence-corrected chi connectivity index (χ3v) is 6.61. The lowest BCUT2D eigenvalue weighted by molar-refractivity contribution is 0.343. The molecule has 0 spiro atoms. The first-order chi connectivity index (χ1) is 16.1. The number of hydrogen-bond acceptors (Lipinski definition) is 7. The molecule has 0 aliphatic carbocycles. The molecule has 0 unspecified atom stereocenters. The Morgan fingerprint density at radius 3 is 2.79 bits per heavy atom. The van der Waals surface area contributed by atoms with Crippen LogP contribution in [0, 0.1) is 0 Å². The van der Waals surface area contributed by atoms with Gasteiger partial charge in [-0.25, -0.2) is 22.2 Å². The molecule has 4 heterocycles. The van der Waals surface area contributed by atoms with Crippen molar-refractivity contribution >= 4 is 28.0 Å². The first-order valence-electron chi connectivity index (χ1n) is 10.9. The summed E-state index contributed by atoms with van der Waals surface area (Å²) in [6.45, 7) is 2.30. The average Bonchev–Trinajstić information content (AvgIpc) is 3.47. The van der Waals surface area contributed by atoms with Crippen molar-refractivity contribution in [1.82, 2.24) is 34.0 Å². The van der Waals surface area contributed by atoms with E-state index in [2.05, 4.69) is 20.7 Å². The van der Waals surface area contributed by atoms with Crippen molar-refractivity contribution in [3.63, 3.8) is 0 Å². The average molecular weight is 467 g/mol. The van der Waals surface area contributed by atoms with Crippen LogP contribution in [0.1, 0.15) is 24.4 Å². The Bertz CT molecular complexity index is 1330. The van der Waals surface area contributed by atoms with Crippen LogP contribution in [0.25, 0.3) is 16.8 Å². The van der Waals surface area contributed by atoms with Crippen LogP contribution < -0.4 is 10.6 Å². The van der Waals surface area contributed by atoms with Gasteiger partial charge in [0.05, 0.1) is 35.3 Å². The van der Waals surface area contributed by atoms with E-state index in [1.807, 2.05) is 51.8 Å². The molecule has 1 aliphatic heterocycles. The summed E-state index contributed by atoms with van der Waals surface area (Å²) >= 11 is 0. The molecule has 1 fully saturated rings. The molecule has 4 aromatic rings. The quantitative estimate of drug-likeness (QED) is 0.358. The molecule has 1 saturated heterocycles. The third kappa shape index (κ3) is 4.61. The lowest BCUT2D eigenvalue weighted by Gasteiger charge is -2.22. The number of hydrogen-bond donors (Lipinski definition) is 3. The Hall–Kier alpha value is -3.28. The Labute approximate surface area is 193 Å². The number of fused-ring (bicyclic) bond motifs is 1. The van der Waals surface area contributed by atoms with Gasteiger partial charge in [0.1, 0.15) is 0 Å². The molecule has 11 heteroatoms. The van der Waals surface area contributed by atoms with Gasteiger partial charge in [0.2, 0.25) is 16.8 Å². The molecule has 5 rings (SSSR count).